The van der Waals surface area contributed by atoms with E-state index in [4.69, 9.17) is 4.74 Å². The molecule has 1 rings (SSSR count). The molecule has 1 unspecified atom stereocenters. The van der Waals surface area contributed by atoms with Crippen LogP contribution in [0.15, 0.2) is 18.2 Å². The number of aryl methyl sites for hydroxylation is 1. The zero-order valence-corrected chi connectivity index (χ0v) is 13.0. The highest BCUT2D eigenvalue weighted by Gasteiger charge is 2.10. The Balaban J connectivity index is 2.44. The van der Waals surface area contributed by atoms with E-state index in [0.29, 0.717) is 6.04 Å². The quantitative estimate of drug-likeness (QED) is 0.731. The van der Waals surface area contributed by atoms with Crippen molar-refractivity contribution in [2.75, 3.05) is 34.3 Å². The van der Waals surface area contributed by atoms with Gasteiger partial charge in [0.25, 0.3) is 0 Å². The zero-order valence-electron chi connectivity index (χ0n) is 13.0. The molecule has 108 valence electrons. The predicted octanol–water partition coefficient (Wildman–Crippen LogP) is 3.00. The van der Waals surface area contributed by atoms with Crippen LogP contribution in [0.25, 0.3) is 0 Å². The molecule has 0 heterocycles. The summed E-state index contributed by atoms with van der Waals surface area (Å²) in [6, 6.07) is 6.67. The van der Waals surface area contributed by atoms with Gasteiger partial charge >= 0.3 is 0 Å². The molecular weight excluding hydrogens is 236 g/mol. The molecular formula is C16H28N2O. The molecule has 0 bridgehead atoms. The third-order valence-corrected chi connectivity index (χ3v) is 3.33. The predicted molar refractivity (Wildman–Crippen MR) is 81.9 cm³/mol. The smallest absolute Gasteiger partial charge is 0.123 e. The van der Waals surface area contributed by atoms with Crippen LogP contribution in [0.5, 0.6) is 5.75 Å². The van der Waals surface area contributed by atoms with Crippen molar-refractivity contribution in [1.29, 1.82) is 0 Å². The first kappa shape index (κ1) is 16.0. The Morgan fingerprint density at radius 3 is 2.63 bits per heavy atom. The lowest BCUT2D eigenvalue weighted by molar-refractivity contribution is 0.385. The molecule has 0 saturated carbocycles. The minimum absolute atomic E-state index is 0.328. The van der Waals surface area contributed by atoms with Crippen LogP contribution < -0.4 is 10.1 Å². The maximum Gasteiger partial charge on any atom is 0.123 e. The summed E-state index contributed by atoms with van der Waals surface area (Å²) in [4.78, 5) is 2.23. The Labute approximate surface area is 118 Å². The number of nitrogens with zero attached hydrogens (tertiary/aromatic N) is 1. The molecule has 0 aromatic heterocycles. The second-order valence-corrected chi connectivity index (χ2v) is 5.43. The fourth-order valence-corrected chi connectivity index (χ4v) is 2.17. The van der Waals surface area contributed by atoms with Crippen LogP contribution in [0.2, 0.25) is 0 Å². The van der Waals surface area contributed by atoms with Gasteiger partial charge in [-0.05, 0) is 59.9 Å². The van der Waals surface area contributed by atoms with Gasteiger partial charge in [0.05, 0.1) is 7.11 Å². The largest absolute Gasteiger partial charge is 0.496 e. The summed E-state index contributed by atoms with van der Waals surface area (Å²) in [5, 5.41) is 3.58. The molecule has 0 amide bonds. The van der Waals surface area contributed by atoms with Gasteiger partial charge in [0.1, 0.15) is 5.75 Å². The summed E-state index contributed by atoms with van der Waals surface area (Å²) in [6.07, 6.45) is 2.44. The summed E-state index contributed by atoms with van der Waals surface area (Å²) in [7, 11) is 5.97. The van der Waals surface area contributed by atoms with E-state index in [9.17, 15) is 0 Å². The van der Waals surface area contributed by atoms with Crippen LogP contribution in [-0.2, 0) is 0 Å². The Hall–Kier alpha value is -1.06. The molecule has 1 aromatic carbocycles. The first-order chi connectivity index (χ1) is 9.04. The second kappa shape index (κ2) is 8.18. The van der Waals surface area contributed by atoms with E-state index in [1.165, 1.54) is 24.0 Å². The average Bonchev–Trinajstić information content (AvgIpc) is 2.37. The van der Waals surface area contributed by atoms with Crippen molar-refractivity contribution < 1.29 is 4.74 Å². The molecule has 0 fully saturated rings. The Morgan fingerprint density at radius 1 is 1.26 bits per heavy atom. The lowest BCUT2D eigenvalue weighted by Gasteiger charge is -2.18. The van der Waals surface area contributed by atoms with Crippen LogP contribution in [0.1, 0.15) is 36.9 Å². The van der Waals surface area contributed by atoms with Gasteiger partial charge in [-0.2, -0.15) is 0 Å². The highest BCUT2D eigenvalue weighted by Crippen LogP contribution is 2.25. The summed E-state index contributed by atoms with van der Waals surface area (Å²) in [6.45, 7) is 6.52. The van der Waals surface area contributed by atoms with Crippen LogP contribution >= 0.6 is 0 Å². The number of benzene rings is 1. The fraction of sp³-hybridized carbons (Fsp3) is 0.625. The lowest BCUT2D eigenvalue weighted by Crippen LogP contribution is -2.22. The van der Waals surface area contributed by atoms with Crippen molar-refractivity contribution in [2.45, 2.75) is 32.7 Å². The van der Waals surface area contributed by atoms with Crippen LogP contribution in [0.4, 0.5) is 0 Å². The summed E-state index contributed by atoms with van der Waals surface area (Å²) >= 11 is 0. The van der Waals surface area contributed by atoms with E-state index >= 15 is 0 Å². The number of nitrogens with one attached hydrogen (secondary N) is 1. The highest BCUT2D eigenvalue weighted by molar-refractivity contribution is 5.38. The monoisotopic (exact) mass is 264 g/mol. The number of unbranched alkanes of at least 4 members (excludes halogenated alkanes) is 1. The average molecular weight is 264 g/mol. The minimum atomic E-state index is 0.328. The van der Waals surface area contributed by atoms with Crippen molar-refractivity contribution in [3.63, 3.8) is 0 Å². The van der Waals surface area contributed by atoms with Gasteiger partial charge in [0.2, 0.25) is 0 Å². The molecule has 1 aromatic rings. The SMILES string of the molecule is COc1ccc(C)cc1C(C)NCCCCN(C)C. The van der Waals surface area contributed by atoms with Crippen LogP contribution in [0.3, 0.4) is 0 Å². The lowest BCUT2D eigenvalue weighted by atomic mass is 10.0. The molecule has 0 spiro atoms. The number of methoxy groups -OCH3 is 1. The van der Waals surface area contributed by atoms with Gasteiger partial charge in [0, 0.05) is 11.6 Å². The van der Waals surface area contributed by atoms with E-state index < -0.39 is 0 Å². The normalized spacial score (nSPS) is 12.7. The van der Waals surface area contributed by atoms with Crippen molar-refractivity contribution in [2.24, 2.45) is 0 Å². The third kappa shape index (κ3) is 5.62. The molecule has 0 aliphatic carbocycles. The summed E-state index contributed by atoms with van der Waals surface area (Å²) in [5.41, 5.74) is 2.52. The molecule has 0 radical (unpaired) electrons. The standard InChI is InChI=1S/C16H28N2O/c1-13-8-9-16(19-5)15(12-13)14(2)17-10-6-7-11-18(3)4/h8-9,12,14,17H,6-7,10-11H2,1-5H3. The van der Waals surface area contributed by atoms with Crippen molar-refractivity contribution in [3.8, 4) is 5.75 Å². The first-order valence-corrected chi connectivity index (χ1v) is 7.07. The van der Waals surface area contributed by atoms with Gasteiger partial charge in [-0.1, -0.05) is 17.7 Å². The fourth-order valence-electron chi connectivity index (χ4n) is 2.17. The van der Waals surface area contributed by atoms with Crippen LogP contribution in [-0.4, -0.2) is 39.2 Å². The molecule has 1 atom stereocenters. The number of hydrogen-bond donors (Lipinski definition) is 1. The molecule has 19 heavy (non-hydrogen) atoms. The Morgan fingerprint density at radius 2 is 2.00 bits per heavy atom. The molecule has 3 heteroatoms. The minimum Gasteiger partial charge on any atom is -0.496 e. The summed E-state index contributed by atoms with van der Waals surface area (Å²) < 4.78 is 5.43. The van der Waals surface area contributed by atoms with E-state index in [0.717, 1.165) is 18.8 Å². The maximum atomic E-state index is 5.43. The van der Waals surface area contributed by atoms with Gasteiger partial charge < -0.3 is 15.0 Å². The van der Waals surface area contributed by atoms with Crippen molar-refractivity contribution >= 4 is 0 Å². The summed E-state index contributed by atoms with van der Waals surface area (Å²) in [5.74, 6) is 0.971. The van der Waals surface area contributed by atoms with E-state index in [-0.39, 0.29) is 0 Å². The zero-order chi connectivity index (χ0) is 14.3. The van der Waals surface area contributed by atoms with Crippen molar-refractivity contribution in [1.82, 2.24) is 10.2 Å². The maximum absolute atomic E-state index is 5.43. The first-order valence-electron chi connectivity index (χ1n) is 7.07. The second-order valence-electron chi connectivity index (χ2n) is 5.43. The number of rotatable bonds is 8. The van der Waals surface area contributed by atoms with E-state index in [2.05, 4.69) is 56.4 Å². The van der Waals surface area contributed by atoms with Gasteiger partial charge in [-0.3, -0.25) is 0 Å². The Bertz CT molecular complexity index is 377. The number of ether oxygens (including phenoxy) is 1. The topological polar surface area (TPSA) is 24.5 Å². The van der Waals surface area contributed by atoms with Gasteiger partial charge in [-0.15, -0.1) is 0 Å². The molecule has 1 N–H and O–H groups in total. The number of hydrogen-bond acceptors (Lipinski definition) is 3. The molecule has 0 aliphatic heterocycles. The highest BCUT2D eigenvalue weighted by atomic mass is 16.5. The van der Waals surface area contributed by atoms with E-state index in [1.54, 1.807) is 7.11 Å². The van der Waals surface area contributed by atoms with E-state index in [1.807, 2.05) is 0 Å². The molecule has 0 saturated heterocycles. The van der Waals surface area contributed by atoms with Gasteiger partial charge in [0.15, 0.2) is 0 Å². The molecule has 0 aliphatic rings. The van der Waals surface area contributed by atoms with Crippen molar-refractivity contribution in [3.05, 3.63) is 29.3 Å². The molecule has 3 nitrogen and oxygen atoms in total. The third-order valence-electron chi connectivity index (χ3n) is 3.33. The van der Waals surface area contributed by atoms with Crippen LogP contribution in [0, 0.1) is 6.92 Å². The van der Waals surface area contributed by atoms with Gasteiger partial charge in [-0.25, -0.2) is 0 Å². The Kier molecular flexibility index (Phi) is 6.89.